The minimum Gasteiger partial charge on any atom is -0.870 e. The van der Waals surface area contributed by atoms with Crippen molar-refractivity contribution in [1.29, 1.82) is 0 Å². The Bertz CT molecular complexity index is 214. The second-order valence-electron chi connectivity index (χ2n) is 1.34. The van der Waals surface area contributed by atoms with E-state index in [1.807, 2.05) is 0 Å². The molecule has 0 aliphatic rings. The normalized spacial score (nSPS) is 8.43. The van der Waals surface area contributed by atoms with Crippen molar-refractivity contribution in [3.05, 3.63) is 0 Å². The smallest absolute Gasteiger partial charge is 0.870 e. The van der Waals surface area contributed by atoms with Gasteiger partial charge in [0, 0.05) is 0 Å². The van der Waals surface area contributed by atoms with Gasteiger partial charge in [0.1, 0.15) is 0 Å². The average Bonchev–Trinajstić information content (AvgIpc) is 1.41. The Morgan fingerprint density at radius 3 is 0.381 bits per heavy atom. The Hall–Kier alpha value is 4.90. The largest absolute Gasteiger partial charge is 2.00 e. The second-order valence-corrected chi connectivity index (χ2v) is 4.02. The molecule has 0 rings (SSSR count). The first-order valence-electron chi connectivity index (χ1n) is 2.19. The molecule has 0 aromatic heterocycles. The molecule has 0 unspecified atom stereocenters. The summed E-state index contributed by atoms with van der Waals surface area (Å²) in [6.45, 7) is 0. The van der Waals surface area contributed by atoms with Crippen LogP contribution in [-0.4, -0.2) is 142 Å². The number of phosphoric acid groups is 3. The second kappa shape index (κ2) is 27.1. The van der Waals surface area contributed by atoms with E-state index in [2.05, 4.69) is 0 Å². The van der Waals surface area contributed by atoms with Gasteiger partial charge in [-0.1, -0.05) is 0 Å². The molecular formula is HO13P3Pb5. The van der Waals surface area contributed by atoms with Crippen LogP contribution in [0.3, 0.4) is 0 Å². The Balaban J connectivity index is -0.0000000129. The summed E-state index contributed by atoms with van der Waals surface area (Å²) in [5.74, 6) is 0. The third kappa shape index (κ3) is 544. The molecule has 0 aromatic carbocycles. The summed E-state index contributed by atoms with van der Waals surface area (Å²) in [6, 6.07) is 0. The van der Waals surface area contributed by atoms with Crippen LogP contribution in [0.25, 0.3) is 0 Å². The molecular weight excluding hydrogens is 1340 g/mol. The van der Waals surface area contributed by atoms with Crippen LogP contribution in [0.2, 0.25) is 0 Å². The summed E-state index contributed by atoms with van der Waals surface area (Å²) in [5.41, 5.74) is 0. The zero-order valence-corrected chi connectivity index (χ0v) is 31.3. The Kier molecular flexibility index (Phi) is 72.6. The topological polar surface area (TPSA) is 289 Å². The maximum atomic E-state index is 8.55. The Morgan fingerprint density at radius 2 is 0.381 bits per heavy atom. The van der Waals surface area contributed by atoms with Crippen LogP contribution in [0.5, 0.6) is 0 Å². The summed E-state index contributed by atoms with van der Waals surface area (Å²) in [4.78, 5) is 76.9. The van der Waals surface area contributed by atoms with Crippen molar-refractivity contribution in [3.63, 3.8) is 0 Å². The SMILES string of the molecule is O=P([O-])([O-])[O-].O=P([O-])([O-])[O-].O=P([O-])([O-])[O-].[OH-].[Pb+2].[Pb+2].[Pb+2].[Pb+2].[Pb+2]. The van der Waals surface area contributed by atoms with Crippen molar-refractivity contribution in [2.24, 2.45) is 0 Å². The molecule has 21 heteroatoms. The van der Waals surface area contributed by atoms with Crippen molar-refractivity contribution in [1.82, 2.24) is 0 Å². The number of hydrogen-bond acceptors (Lipinski definition) is 13. The monoisotopic (exact) mass is 1340 g/mol. The van der Waals surface area contributed by atoms with Crippen molar-refractivity contribution < 1.29 is 63.2 Å². The predicted octanol–water partition coefficient (Wildman–Crippen LogP) is -10.6. The fraction of sp³-hybridized carbons (Fsp3) is 0. The van der Waals surface area contributed by atoms with Gasteiger partial charge in [0.2, 0.25) is 0 Å². The van der Waals surface area contributed by atoms with E-state index in [1.54, 1.807) is 0 Å². The molecule has 0 aromatic rings. The van der Waals surface area contributed by atoms with E-state index in [0.717, 1.165) is 0 Å². The van der Waals surface area contributed by atoms with E-state index in [1.165, 1.54) is 0 Å². The van der Waals surface area contributed by atoms with Crippen LogP contribution >= 0.6 is 23.5 Å². The van der Waals surface area contributed by atoms with E-state index in [-0.39, 0.29) is 142 Å². The van der Waals surface area contributed by atoms with E-state index in [4.69, 9.17) is 57.7 Å². The van der Waals surface area contributed by atoms with Crippen LogP contribution in [-0.2, 0) is 13.7 Å². The molecule has 21 heavy (non-hydrogen) atoms. The first-order chi connectivity index (χ1) is 6.00. The zero-order valence-electron chi connectivity index (χ0n) is 9.19. The molecule has 13 nitrogen and oxygen atoms in total. The quantitative estimate of drug-likeness (QED) is 0.161. The third-order valence-corrected chi connectivity index (χ3v) is 0. The van der Waals surface area contributed by atoms with Gasteiger partial charge in [-0.15, -0.1) is 0 Å². The van der Waals surface area contributed by atoms with Gasteiger partial charge in [0.25, 0.3) is 0 Å². The summed E-state index contributed by atoms with van der Waals surface area (Å²) in [7, 11) is -16.2. The zero-order chi connectivity index (χ0) is 13.5. The van der Waals surface area contributed by atoms with E-state index in [9.17, 15) is 0 Å². The molecule has 0 aliphatic heterocycles. The molecule has 1 N–H and O–H groups in total. The maximum Gasteiger partial charge on any atom is 2.00 e. The third-order valence-electron chi connectivity index (χ3n) is 0. The first-order valence-corrected chi connectivity index (χ1v) is 6.57. The molecule has 0 fully saturated rings. The molecule has 0 aliphatic carbocycles. The van der Waals surface area contributed by atoms with Gasteiger partial charge in [-0.2, -0.15) is 23.5 Å². The van der Waals surface area contributed by atoms with Gasteiger partial charge >= 0.3 is 136 Å². The maximum absolute atomic E-state index is 8.55. The Morgan fingerprint density at radius 1 is 0.381 bits per heavy atom. The number of hydrogen-bond donors (Lipinski definition) is 0. The first kappa shape index (κ1) is 56.2. The summed E-state index contributed by atoms with van der Waals surface area (Å²) in [6.07, 6.45) is 0. The van der Waals surface area contributed by atoms with Crippen LogP contribution in [0, 0.1) is 0 Å². The molecule has 0 heterocycles. The van der Waals surface area contributed by atoms with Crippen molar-refractivity contribution >= 4 is 160 Å². The molecule has 0 saturated heterocycles. The predicted molar refractivity (Wildman–Crippen MR) is 53.5 cm³/mol. The summed E-state index contributed by atoms with van der Waals surface area (Å²) < 4.78 is 25.6. The summed E-state index contributed by atoms with van der Waals surface area (Å²) >= 11 is 0. The fourth-order valence-electron chi connectivity index (χ4n) is 0. The van der Waals surface area contributed by atoms with Gasteiger partial charge in [0.15, 0.2) is 0 Å². The Labute approximate surface area is 219 Å². The number of rotatable bonds is 0. The van der Waals surface area contributed by atoms with Gasteiger partial charge in [0.05, 0.1) is 0 Å². The molecule has 0 spiro atoms. The van der Waals surface area contributed by atoms with Crippen LogP contribution in [0.4, 0.5) is 0 Å². The van der Waals surface area contributed by atoms with E-state index >= 15 is 0 Å². The van der Waals surface area contributed by atoms with Crippen molar-refractivity contribution in [2.45, 2.75) is 0 Å². The van der Waals surface area contributed by atoms with Crippen molar-refractivity contribution in [2.75, 3.05) is 0 Å². The van der Waals surface area contributed by atoms with Gasteiger partial charge < -0.3 is 63.2 Å². The van der Waals surface area contributed by atoms with Crippen LogP contribution in [0.15, 0.2) is 0 Å². The van der Waals surface area contributed by atoms with Gasteiger partial charge in [-0.05, 0) is 0 Å². The summed E-state index contributed by atoms with van der Waals surface area (Å²) in [5, 5.41) is 0. The van der Waals surface area contributed by atoms with E-state index in [0.29, 0.717) is 0 Å². The molecule has 114 valence electrons. The van der Waals surface area contributed by atoms with Crippen LogP contribution < -0.4 is 44.0 Å². The molecule has 0 saturated carbocycles. The molecule has 0 atom stereocenters. The molecule has 0 bridgehead atoms. The standard InChI is InChI=1S/3H3O4P.H2O.5Pb/c3*1-5(2,3)4;;;;;;/h3*(H3,1,2,3,4);1H2;;;;;/q;;;;5*+2/p-10. The van der Waals surface area contributed by atoms with Gasteiger partial charge in [-0.25, -0.2) is 0 Å². The van der Waals surface area contributed by atoms with E-state index < -0.39 is 23.5 Å². The van der Waals surface area contributed by atoms with Gasteiger partial charge in [-0.3, -0.25) is 0 Å². The van der Waals surface area contributed by atoms with Crippen molar-refractivity contribution in [3.8, 4) is 0 Å². The van der Waals surface area contributed by atoms with Crippen LogP contribution in [0.1, 0.15) is 0 Å². The molecule has 0 amide bonds. The fourth-order valence-corrected chi connectivity index (χ4v) is 0. The molecule has 10 radical (unpaired) electrons. The average molecular weight is 1340 g/mol. The minimum atomic E-state index is -5.39. The minimum absolute atomic E-state index is 0.